The highest BCUT2D eigenvalue weighted by Crippen LogP contribution is 2.20. The topological polar surface area (TPSA) is 47.1 Å². The van der Waals surface area contributed by atoms with Gasteiger partial charge in [0.25, 0.3) is 10.2 Å². The molecule has 1 saturated heterocycles. The van der Waals surface area contributed by atoms with Crippen molar-refractivity contribution in [2.45, 2.75) is 52.5 Å². The van der Waals surface area contributed by atoms with Crippen molar-refractivity contribution in [3.63, 3.8) is 0 Å². The predicted octanol–water partition coefficient (Wildman–Crippen LogP) is 1.70. The number of likely N-dealkylation sites (N-methyl/N-ethyl adjacent to an activating group) is 2. The minimum Gasteiger partial charge on any atom is -0.308 e. The van der Waals surface area contributed by atoms with Crippen LogP contribution in [0.1, 0.15) is 46.5 Å². The quantitative estimate of drug-likeness (QED) is 0.530. The Morgan fingerprint density at radius 1 is 0.958 bits per heavy atom. The Bertz CT molecular complexity index is 436. The molecule has 0 N–H and O–H groups in total. The Labute approximate surface area is 150 Å². The lowest BCUT2D eigenvalue weighted by Crippen LogP contribution is -2.51. The Balaban J connectivity index is 2.92. The van der Waals surface area contributed by atoms with E-state index < -0.39 is 10.2 Å². The van der Waals surface area contributed by atoms with Crippen LogP contribution in [0.5, 0.6) is 0 Å². The highest BCUT2D eigenvalue weighted by Gasteiger charge is 2.33. The average molecular weight is 363 g/mol. The number of nitrogens with zero attached hydrogens (tertiary/aromatic N) is 4. The third-order valence-corrected chi connectivity index (χ3v) is 6.72. The van der Waals surface area contributed by atoms with Gasteiger partial charge >= 0.3 is 0 Å². The number of rotatable bonds is 12. The average Bonchev–Trinajstić information content (AvgIpc) is 2.98. The van der Waals surface area contributed by atoms with Gasteiger partial charge in [-0.3, -0.25) is 4.90 Å². The van der Waals surface area contributed by atoms with Crippen molar-refractivity contribution in [3.8, 4) is 0 Å². The first-order valence-corrected chi connectivity index (χ1v) is 10.9. The summed E-state index contributed by atoms with van der Waals surface area (Å²) in [5.74, 6) is 0. The lowest BCUT2D eigenvalue weighted by atomic mass is 10.2. The maximum atomic E-state index is 13.2. The summed E-state index contributed by atoms with van der Waals surface area (Å²) >= 11 is 0. The van der Waals surface area contributed by atoms with Crippen LogP contribution in [0.2, 0.25) is 0 Å². The number of hydrogen-bond acceptors (Lipinski definition) is 4. The van der Waals surface area contributed by atoms with Gasteiger partial charge < -0.3 is 4.90 Å². The molecule has 0 aromatic carbocycles. The molecule has 1 fully saturated rings. The molecule has 1 atom stereocenters. The van der Waals surface area contributed by atoms with E-state index in [0.29, 0.717) is 32.2 Å². The molecular formula is C17H38N4O2S. The second kappa shape index (κ2) is 10.7. The monoisotopic (exact) mass is 362 g/mol. The van der Waals surface area contributed by atoms with Crippen LogP contribution in [-0.4, -0.2) is 92.8 Å². The first-order chi connectivity index (χ1) is 11.4. The Kier molecular flexibility index (Phi) is 9.74. The molecule has 0 aromatic heterocycles. The van der Waals surface area contributed by atoms with Crippen LogP contribution in [0.15, 0.2) is 0 Å². The van der Waals surface area contributed by atoms with Crippen molar-refractivity contribution in [2.24, 2.45) is 0 Å². The summed E-state index contributed by atoms with van der Waals surface area (Å²) in [6.45, 7) is 11.5. The first-order valence-electron chi connectivity index (χ1n) is 9.50. The molecule has 6 nitrogen and oxygen atoms in total. The lowest BCUT2D eigenvalue weighted by Gasteiger charge is -2.34. The van der Waals surface area contributed by atoms with Gasteiger partial charge in [-0.1, -0.05) is 20.8 Å². The molecule has 0 amide bonds. The van der Waals surface area contributed by atoms with Crippen LogP contribution in [0.4, 0.5) is 0 Å². The first kappa shape index (κ1) is 21.8. The van der Waals surface area contributed by atoms with Crippen LogP contribution >= 0.6 is 0 Å². The number of hydrogen-bond donors (Lipinski definition) is 0. The van der Waals surface area contributed by atoms with E-state index >= 15 is 0 Å². The Morgan fingerprint density at radius 2 is 1.58 bits per heavy atom. The van der Waals surface area contributed by atoms with Gasteiger partial charge in [-0.05, 0) is 52.9 Å². The summed E-state index contributed by atoms with van der Waals surface area (Å²) in [7, 11) is 0.600. The fraction of sp³-hybridized carbons (Fsp3) is 1.00. The second-order valence-corrected chi connectivity index (χ2v) is 8.92. The molecule has 7 heteroatoms. The van der Waals surface area contributed by atoms with Crippen molar-refractivity contribution >= 4 is 10.2 Å². The molecule has 0 aromatic rings. The highest BCUT2D eigenvalue weighted by molar-refractivity contribution is 7.86. The fourth-order valence-corrected chi connectivity index (χ4v) is 5.20. The molecular weight excluding hydrogens is 324 g/mol. The van der Waals surface area contributed by atoms with E-state index in [0.717, 1.165) is 38.9 Å². The molecule has 1 aliphatic heterocycles. The van der Waals surface area contributed by atoms with Crippen LogP contribution < -0.4 is 0 Å². The molecule has 0 spiro atoms. The van der Waals surface area contributed by atoms with Crippen LogP contribution in [0, 0.1) is 0 Å². The standard InChI is InChI=1S/C17H38N4O2S/c1-6-11-20(12-7-2)24(22,23)21(15-14-18(4)5)16-17-10-9-13-19(17)8-3/h17H,6-16H2,1-5H3. The highest BCUT2D eigenvalue weighted by atomic mass is 32.2. The van der Waals surface area contributed by atoms with Gasteiger partial charge in [0, 0.05) is 38.8 Å². The van der Waals surface area contributed by atoms with Crippen LogP contribution in [-0.2, 0) is 10.2 Å². The molecule has 144 valence electrons. The Hall–Kier alpha value is -0.210. The zero-order valence-corrected chi connectivity index (χ0v) is 17.2. The molecule has 0 aliphatic carbocycles. The molecule has 0 saturated carbocycles. The van der Waals surface area contributed by atoms with Gasteiger partial charge in [0.1, 0.15) is 0 Å². The minimum absolute atomic E-state index is 0.358. The lowest BCUT2D eigenvalue weighted by molar-refractivity contribution is 0.212. The summed E-state index contributed by atoms with van der Waals surface area (Å²) in [5, 5.41) is 0. The maximum absolute atomic E-state index is 13.2. The van der Waals surface area contributed by atoms with Crippen molar-refractivity contribution in [1.29, 1.82) is 0 Å². The van der Waals surface area contributed by atoms with E-state index in [2.05, 4.69) is 16.7 Å². The summed E-state index contributed by atoms with van der Waals surface area (Å²) in [6.07, 6.45) is 3.98. The largest absolute Gasteiger partial charge is 0.308 e. The summed E-state index contributed by atoms with van der Waals surface area (Å²) in [5.41, 5.74) is 0. The second-order valence-electron chi connectivity index (χ2n) is 6.99. The fourth-order valence-electron chi connectivity index (χ4n) is 3.37. The molecule has 0 radical (unpaired) electrons. The Morgan fingerprint density at radius 3 is 2.08 bits per heavy atom. The third kappa shape index (κ3) is 6.26. The summed E-state index contributed by atoms with van der Waals surface area (Å²) in [6, 6.07) is 0.358. The normalized spacial score (nSPS) is 19.9. The van der Waals surface area contributed by atoms with Gasteiger partial charge in [0.2, 0.25) is 0 Å². The summed E-state index contributed by atoms with van der Waals surface area (Å²) < 4.78 is 29.8. The van der Waals surface area contributed by atoms with Gasteiger partial charge in [-0.15, -0.1) is 0 Å². The summed E-state index contributed by atoms with van der Waals surface area (Å²) in [4.78, 5) is 4.47. The van der Waals surface area contributed by atoms with E-state index in [1.165, 1.54) is 6.42 Å². The maximum Gasteiger partial charge on any atom is 0.282 e. The van der Waals surface area contributed by atoms with E-state index in [1.54, 1.807) is 8.61 Å². The minimum atomic E-state index is -3.39. The molecule has 1 unspecified atom stereocenters. The van der Waals surface area contributed by atoms with Crippen molar-refractivity contribution in [1.82, 2.24) is 18.4 Å². The van der Waals surface area contributed by atoms with Gasteiger partial charge in [0.05, 0.1) is 0 Å². The van der Waals surface area contributed by atoms with E-state index in [9.17, 15) is 8.42 Å². The molecule has 1 heterocycles. The predicted molar refractivity (Wildman–Crippen MR) is 101 cm³/mol. The van der Waals surface area contributed by atoms with Gasteiger partial charge in [-0.2, -0.15) is 17.0 Å². The van der Waals surface area contributed by atoms with Gasteiger partial charge in [0.15, 0.2) is 0 Å². The molecule has 0 bridgehead atoms. The van der Waals surface area contributed by atoms with E-state index in [4.69, 9.17) is 0 Å². The third-order valence-electron chi connectivity index (χ3n) is 4.71. The van der Waals surface area contributed by atoms with E-state index in [1.807, 2.05) is 27.9 Å². The van der Waals surface area contributed by atoms with Crippen molar-refractivity contribution in [3.05, 3.63) is 0 Å². The van der Waals surface area contributed by atoms with Crippen molar-refractivity contribution < 1.29 is 8.42 Å². The van der Waals surface area contributed by atoms with Crippen LogP contribution in [0.3, 0.4) is 0 Å². The zero-order chi connectivity index (χ0) is 18.2. The van der Waals surface area contributed by atoms with Gasteiger partial charge in [-0.25, -0.2) is 0 Å². The molecule has 1 aliphatic rings. The smallest absolute Gasteiger partial charge is 0.282 e. The molecule has 24 heavy (non-hydrogen) atoms. The molecule has 1 rings (SSSR count). The SMILES string of the molecule is CCCN(CCC)S(=O)(=O)N(CCN(C)C)CC1CCCN1CC. The van der Waals surface area contributed by atoms with Crippen molar-refractivity contribution in [2.75, 3.05) is 59.9 Å². The number of likely N-dealkylation sites (tertiary alicyclic amines) is 1. The zero-order valence-electron chi connectivity index (χ0n) is 16.4. The van der Waals surface area contributed by atoms with Crippen LogP contribution in [0.25, 0.3) is 0 Å². The van der Waals surface area contributed by atoms with E-state index in [-0.39, 0.29) is 0 Å².